The molecule has 64 heavy (non-hydrogen) atoms. The lowest BCUT2D eigenvalue weighted by atomic mass is 9.80. The third kappa shape index (κ3) is 10.8. The van der Waals surface area contributed by atoms with Gasteiger partial charge in [0, 0.05) is 69.1 Å². The molecule has 1 amide bonds. The fourth-order valence-corrected chi connectivity index (χ4v) is 10.7. The lowest BCUT2D eigenvalue weighted by Gasteiger charge is -2.47. The minimum absolute atomic E-state index is 0.0190. The largest absolute Gasteiger partial charge is 0.488 e. The molecular weight excluding hydrogens is 821 g/mol. The maximum Gasteiger partial charge on any atom is 0.329 e. The van der Waals surface area contributed by atoms with Crippen LogP contribution in [0.15, 0.2) is 53.8 Å². The van der Waals surface area contributed by atoms with Gasteiger partial charge in [-0.05, 0) is 113 Å². The molecule has 2 saturated heterocycles. The monoisotopic (exact) mass is 893 g/mol. The molecule has 14 atom stereocenters. The number of aliphatic hydroxyl groups excluding tert-OH is 1. The summed E-state index contributed by atoms with van der Waals surface area (Å²) in [6, 6.07) is 6.82. The van der Waals surface area contributed by atoms with Crippen LogP contribution < -0.4 is 4.74 Å². The molecule has 0 spiro atoms. The van der Waals surface area contributed by atoms with Crippen LogP contribution in [-0.4, -0.2) is 126 Å². The molecule has 2 bridgehead atoms. The number of nitrogens with zero attached hydrogens (tertiary/aromatic N) is 1. The number of H-pyrrole nitrogens is 1. The first-order chi connectivity index (χ1) is 30.5. The fourth-order valence-electron chi connectivity index (χ4n) is 10.7. The number of amides is 1. The molecule has 1 aromatic heterocycles. The van der Waals surface area contributed by atoms with Crippen molar-refractivity contribution >= 4 is 34.3 Å². The van der Waals surface area contributed by atoms with Gasteiger partial charge in [-0.2, -0.15) is 0 Å². The molecule has 14 nitrogen and oxygen atoms in total. The van der Waals surface area contributed by atoms with Crippen LogP contribution in [-0.2, 0) is 42.9 Å². The zero-order valence-electron chi connectivity index (χ0n) is 39.2. The van der Waals surface area contributed by atoms with E-state index < -0.39 is 77.8 Å². The Morgan fingerprint density at radius 2 is 1.70 bits per heavy atom. The Bertz CT molecular complexity index is 2010. The summed E-state index contributed by atoms with van der Waals surface area (Å²) < 4.78 is 36.9. The van der Waals surface area contributed by atoms with Gasteiger partial charge >= 0.3 is 5.97 Å². The van der Waals surface area contributed by atoms with Crippen LogP contribution in [0.25, 0.3) is 10.9 Å². The van der Waals surface area contributed by atoms with Crippen molar-refractivity contribution in [3.8, 4) is 5.75 Å². The van der Waals surface area contributed by atoms with E-state index in [4.69, 9.17) is 28.4 Å². The maximum absolute atomic E-state index is 14.5. The van der Waals surface area contributed by atoms with Crippen molar-refractivity contribution in [3.63, 3.8) is 0 Å². The number of aromatic nitrogens is 1. The van der Waals surface area contributed by atoms with Crippen LogP contribution in [0.2, 0.25) is 0 Å². The van der Waals surface area contributed by atoms with Crippen molar-refractivity contribution in [2.45, 2.75) is 160 Å². The number of carbonyl (C=O) groups excluding carboxylic acids is 4. The molecule has 1 aromatic carbocycles. The van der Waals surface area contributed by atoms with E-state index in [9.17, 15) is 29.4 Å². The Hall–Kier alpha value is -3.92. The Balaban J connectivity index is 1.31. The van der Waals surface area contributed by atoms with Crippen molar-refractivity contribution in [2.75, 3.05) is 27.9 Å². The van der Waals surface area contributed by atoms with Crippen LogP contribution in [0, 0.1) is 29.6 Å². The number of nitrogens with one attached hydrogen (secondary N) is 1. The molecule has 0 unspecified atom stereocenters. The summed E-state index contributed by atoms with van der Waals surface area (Å²) in [6.45, 7) is 11.2. The first-order valence-electron chi connectivity index (χ1n) is 23.4. The molecule has 3 N–H and O–H groups in total. The topological polar surface area (TPSA) is 183 Å². The molecule has 14 heteroatoms. The van der Waals surface area contributed by atoms with Crippen LogP contribution in [0.4, 0.5) is 0 Å². The molecule has 6 rings (SSSR count). The van der Waals surface area contributed by atoms with Crippen molar-refractivity contribution in [1.29, 1.82) is 0 Å². The first-order valence-corrected chi connectivity index (χ1v) is 23.4. The normalized spacial score (nSPS) is 37.7. The number of hydrogen-bond donors (Lipinski definition) is 3. The van der Waals surface area contributed by atoms with Gasteiger partial charge in [-0.15, -0.1) is 0 Å². The molecule has 3 aliphatic heterocycles. The van der Waals surface area contributed by atoms with Gasteiger partial charge in [-0.25, -0.2) is 4.79 Å². The average Bonchev–Trinajstić information content (AvgIpc) is 3.76. The predicted molar refractivity (Wildman–Crippen MR) is 240 cm³/mol. The molecule has 2 aromatic rings. The number of Topliss-reactive ketones (excluding diaryl/α,β-unsaturated/α-hetero) is 2. The van der Waals surface area contributed by atoms with Gasteiger partial charge in [-0.3, -0.25) is 14.4 Å². The molecular formula is C50H72N2O12. The SMILES string of the molecule is CC[C@@H]1/C=C(\C)C[C@H](C)[C@H](OC)[C@H]2O[C@@](O)(C(=O)C(=O)N3CCCC[C@H]3C(=O)O[C@H](/C(C)=C/[C@@H]3CC[C@@H](Oc4ccc5[nH]ccc5c4)[C@H](OC)C3)[C@H](C)[C@@H](O)CC1=O)[C@H](C)C[C@@H]2OC. The van der Waals surface area contributed by atoms with Crippen LogP contribution in [0.3, 0.4) is 0 Å². The van der Waals surface area contributed by atoms with E-state index in [0.29, 0.717) is 44.1 Å². The maximum atomic E-state index is 14.5. The number of ether oxygens (including phenoxy) is 6. The zero-order chi connectivity index (χ0) is 46.5. The lowest BCUT2D eigenvalue weighted by Crippen LogP contribution is -2.65. The van der Waals surface area contributed by atoms with E-state index in [1.807, 2.05) is 64.2 Å². The third-order valence-electron chi connectivity index (χ3n) is 14.5. The number of aliphatic hydroxyl groups is 2. The summed E-state index contributed by atoms with van der Waals surface area (Å²) in [4.78, 5) is 61.6. The van der Waals surface area contributed by atoms with Crippen LogP contribution in [0.5, 0.6) is 5.75 Å². The highest BCUT2D eigenvalue weighted by Gasteiger charge is 2.57. The summed E-state index contributed by atoms with van der Waals surface area (Å²) in [6.07, 6.45) is 5.71. The van der Waals surface area contributed by atoms with E-state index in [-0.39, 0.29) is 55.6 Å². The van der Waals surface area contributed by atoms with Crippen LogP contribution >= 0.6 is 0 Å². The lowest BCUT2D eigenvalue weighted by molar-refractivity contribution is -0.305. The van der Waals surface area contributed by atoms with E-state index >= 15 is 0 Å². The second-order valence-electron chi connectivity index (χ2n) is 19.0. The number of allylic oxidation sites excluding steroid dienone is 3. The number of fused-ring (bicyclic) bond motifs is 4. The van der Waals surface area contributed by atoms with Crippen LogP contribution in [0.1, 0.15) is 106 Å². The quantitative estimate of drug-likeness (QED) is 0.146. The van der Waals surface area contributed by atoms with Gasteiger partial charge in [0.25, 0.3) is 11.7 Å². The Labute approximate surface area is 378 Å². The number of hydrogen-bond acceptors (Lipinski definition) is 12. The van der Waals surface area contributed by atoms with E-state index in [1.54, 1.807) is 21.0 Å². The van der Waals surface area contributed by atoms with Gasteiger partial charge in [0.05, 0.1) is 24.4 Å². The van der Waals surface area contributed by atoms with Crippen molar-refractivity contribution in [3.05, 3.63) is 53.8 Å². The first kappa shape index (κ1) is 49.5. The number of cyclic esters (lactones) is 1. The summed E-state index contributed by atoms with van der Waals surface area (Å²) >= 11 is 0. The summed E-state index contributed by atoms with van der Waals surface area (Å²) in [5, 5.41) is 25.0. The van der Waals surface area contributed by atoms with Crippen molar-refractivity contribution < 1.29 is 57.8 Å². The molecule has 4 aliphatic rings. The molecule has 354 valence electrons. The summed E-state index contributed by atoms with van der Waals surface area (Å²) in [5.74, 6) is -7.07. The van der Waals surface area contributed by atoms with E-state index in [1.165, 1.54) is 19.1 Å². The number of benzene rings is 1. The summed E-state index contributed by atoms with van der Waals surface area (Å²) in [5.41, 5.74) is 2.64. The number of rotatable bonds is 8. The van der Waals surface area contributed by atoms with Gasteiger partial charge in [0.1, 0.15) is 35.9 Å². The standard InChI is InChI=1S/C50H72N2O12/c1-10-34-22-28(2)21-29(3)45(61-9)46-43(60-8)24-31(5)50(58,64-46)47(55)48(56)52-20-12-11-13-38(52)49(57)63-44(32(6)39(53)27-40(34)54)30(4)23-33-14-17-41(42(25-33)59-7)62-36-15-16-37-35(26-36)18-19-51-37/h15-16,18-19,22-23,26,29,31-34,38-39,41-46,51,53,58H,10-14,17,20-21,24-25,27H2,1-9H3/b28-22+,30-23+/t29-,31+,32+,33-,34+,38-,39-,41+,42+,43-,44+,45-,46-,50+/m0/s1. The molecule has 1 saturated carbocycles. The highest BCUT2D eigenvalue weighted by Crippen LogP contribution is 2.40. The van der Waals surface area contributed by atoms with E-state index in [0.717, 1.165) is 28.6 Å². The zero-order valence-corrected chi connectivity index (χ0v) is 39.2. The van der Waals surface area contributed by atoms with E-state index in [2.05, 4.69) is 11.1 Å². The Kier molecular flexibility index (Phi) is 16.7. The number of methoxy groups -OCH3 is 3. The van der Waals surface area contributed by atoms with Gasteiger partial charge in [0.15, 0.2) is 0 Å². The number of piperidine rings is 1. The number of ketones is 2. The Morgan fingerprint density at radius 3 is 2.41 bits per heavy atom. The Morgan fingerprint density at radius 1 is 0.953 bits per heavy atom. The molecule has 3 fully saturated rings. The van der Waals surface area contributed by atoms with Gasteiger partial charge < -0.3 is 48.5 Å². The highest BCUT2D eigenvalue weighted by atomic mass is 16.7. The predicted octanol–water partition coefficient (Wildman–Crippen LogP) is 6.65. The minimum Gasteiger partial charge on any atom is -0.488 e. The second-order valence-corrected chi connectivity index (χ2v) is 19.0. The average molecular weight is 893 g/mol. The number of carbonyl (C=O) groups is 4. The molecule has 1 aliphatic carbocycles. The van der Waals surface area contributed by atoms with Gasteiger partial charge in [-0.1, -0.05) is 45.4 Å². The highest BCUT2D eigenvalue weighted by molar-refractivity contribution is 6.39. The fraction of sp³-hybridized carbons (Fsp3) is 0.680. The van der Waals surface area contributed by atoms with Gasteiger partial charge in [0.2, 0.25) is 5.79 Å². The minimum atomic E-state index is -2.52. The number of esters is 1. The second kappa shape index (κ2) is 21.6. The summed E-state index contributed by atoms with van der Waals surface area (Å²) in [7, 11) is 4.73. The molecule has 0 radical (unpaired) electrons. The number of aromatic amines is 1. The van der Waals surface area contributed by atoms with Crippen molar-refractivity contribution in [1.82, 2.24) is 9.88 Å². The van der Waals surface area contributed by atoms with Crippen molar-refractivity contribution in [2.24, 2.45) is 29.6 Å². The third-order valence-corrected chi connectivity index (χ3v) is 14.5. The molecule has 4 heterocycles. The smallest absolute Gasteiger partial charge is 0.329 e.